The van der Waals surface area contributed by atoms with E-state index in [0.717, 1.165) is 34.8 Å². The SMILES string of the molecule is CCN1/C(=C\c2oc3ccccc3[n+]2CC)N(CCCS(=O)(=O)O)c2cc(Cl)c(Cl)cc21. The van der Waals surface area contributed by atoms with Crippen molar-refractivity contribution < 1.29 is 22.0 Å². The van der Waals surface area contributed by atoms with Gasteiger partial charge in [-0.05, 0) is 38.5 Å². The Balaban J connectivity index is 1.84. The molecule has 0 bridgehead atoms. The average Bonchev–Trinajstić information content (AvgIpc) is 3.22. The predicted octanol–water partition coefficient (Wildman–Crippen LogP) is 4.97. The molecule has 0 radical (unpaired) electrons. The lowest BCUT2D eigenvalue weighted by Crippen LogP contribution is -2.35. The van der Waals surface area contributed by atoms with Crippen molar-refractivity contribution in [1.82, 2.24) is 0 Å². The highest BCUT2D eigenvalue weighted by Crippen LogP contribution is 2.46. The highest BCUT2D eigenvalue weighted by molar-refractivity contribution is 7.85. The van der Waals surface area contributed by atoms with Crippen molar-refractivity contribution in [3.8, 4) is 0 Å². The maximum Gasteiger partial charge on any atom is 0.377 e. The van der Waals surface area contributed by atoms with Gasteiger partial charge >= 0.3 is 5.89 Å². The molecule has 3 aromatic rings. The number of halogens is 2. The molecule has 0 saturated heterocycles. The Bertz CT molecular complexity index is 1300. The van der Waals surface area contributed by atoms with Gasteiger partial charge in [-0.15, -0.1) is 0 Å². The smallest absolute Gasteiger partial charge is 0.377 e. The van der Waals surface area contributed by atoms with Gasteiger partial charge in [0.2, 0.25) is 5.58 Å². The monoisotopic (exact) mass is 496 g/mol. The van der Waals surface area contributed by atoms with Crippen molar-refractivity contribution >= 4 is 61.9 Å². The summed E-state index contributed by atoms with van der Waals surface area (Å²) >= 11 is 12.6. The van der Waals surface area contributed by atoms with Crippen LogP contribution in [0.4, 0.5) is 11.4 Å². The van der Waals surface area contributed by atoms with Crippen molar-refractivity contribution in [3.05, 3.63) is 58.2 Å². The summed E-state index contributed by atoms with van der Waals surface area (Å²) in [5, 5.41) is 0.852. The number of oxazole rings is 1. The van der Waals surface area contributed by atoms with Gasteiger partial charge in [-0.25, -0.2) is 0 Å². The molecule has 32 heavy (non-hydrogen) atoms. The molecule has 0 atom stereocenters. The van der Waals surface area contributed by atoms with E-state index in [4.69, 9.17) is 27.6 Å². The maximum atomic E-state index is 11.3. The summed E-state index contributed by atoms with van der Waals surface area (Å²) in [6.45, 7) is 5.80. The second kappa shape index (κ2) is 8.94. The van der Waals surface area contributed by atoms with E-state index in [1.807, 2.05) is 55.2 Å². The number of anilines is 2. The Morgan fingerprint density at radius 1 is 1.09 bits per heavy atom. The lowest BCUT2D eigenvalue weighted by molar-refractivity contribution is -0.674. The third-order valence-electron chi connectivity index (χ3n) is 5.46. The number of aryl methyl sites for hydroxylation is 1. The van der Waals surface area contributed by atoms with Crippen LogP contribution in [0.2, 0.25) is 10.0 Å². The van der Waals surface area contributed by atoms with Crippen molar-refractivity contribution in [1.29, 1.82) is 0 Å². The van der Waals surface area contributed by atoms with Gasteiger partial charge in [0.05, 0.1) is 33.2 Å². The zero-order valence-corrected chi connectivity index (χ0v) is 20.1. The largest absolute Gasteiger partial charge is 0.398 e. The van der Waals surface area contributed by atoms with E-state index < -0.39 is 10.1 Å². The summed E-state index contributed by atoms with van der Waals surface area (Å²) in [4.78, 5) is 4.07. The van der Waals surface area contributed by atoms with Crippen LogP contribution < -0.4 is 14.4 Å². The van der Waals surface area contributed by atoms with Gasteiger partial charge in [-0.2, -0.15) is 13.0 Å². The lowest BCUT2D eigenvalue weighted by Gasteiger charge is -2.23. The van der Waals surface area contributed by atoms with E-state index in [0.29, 0.717) is 29.0 Å². The number of aromatic nitrogens is 1. The predicted molar refractivity (Wildman–Crippen MR) is 128 cm³/mol. The normalized spacial score (nSPS) is 15.2. The lowest BCUT2D eigenvalue weighted by atomic mass is 10.2. The highest BCUT2D eigenvalue weighted by atomic mass is 35.5. The molecule has 4 rings (SSSR count). The van der Waals surface area contributed by atoms with Crippen LogP contribution in [0, 0.1) is 0 Å². The first kappa shape index (κ1) is 22.9. The molecule has 0 aliphatic carbocycles. The number of rotatable bonds is 7. The fourth-order valence-electron chi connectivity index (χ4n) is 4.08. The zero-order chi connectivity index (χ0) is 23.0. The summed E-state index contributed by atoms with van der Waals surface area (Å²) in [5.41, 5.74) is 3.47. The van der Waals surface area contributed by atoms with Crippen LogP contribution in [0.25, 0.3) is 17.2 Å². The average molecular weight is 497 g/mol. The van der Waals surface area contributed by atoms with Crippen LogP contribution in [0.5, 0.6) is 0 Å². The van der Waals surface area contributed by atoms with Crippen LogP contribution in [-0.4, -0.2) is 31.8 Å². The summed E-state index contributed by atoms with van der Waals surface area (Å²) < 4.78 is 40.0. The van der Waals surface area contributed by atoms with E-state index in [1.165, 1.54) is 0 Å². The number of benzene rings is 2. The summed E-state index contributed by atoms with van der Waals surface area (Å²) in [6.07, 6.45) is 2.18. The molecule has 0 amide bonds. The van der Waals surface area contributed by atoms with E-state index >= 15 is 0 Å². The first-order chi connectivity index (χ1) is 15.2. The molecule has 1 aliphatic heterocycles. The van der Waals surface area contributed by atoms with Crippen molar-refractivity contribution in [2.45, 2.75) is 26.8 Å². The molecular weight excluding hydrogens is 473 g/mol. The minimum Gasteiger partial charge on any atom is -0.398 e. The molecule has 2 aromatic carbocycles. The molecule has 2 heterocycles. The molecule has 0 fully saturated rings. The second-order valence-electron chi connectivity index (χ2n) is 7.45. The van der Waals surface area contributed by atoms with Gasteiger partial charge in [-0.3, -0.25) is 4.55 Å². The van der Waals surface area contributed by atoms with E-state index in [1.54, 1.807) is 6.07 Å². The Morgan fingerprint density at radius 2 is 1.75 bits per heavy atom. The van der Waals surface area contributed by atoms with Gasteiger partial charge in [0.15, 0.2) is 0 Å². The minimum atomic E-state index is -4.06. The van der Waals surface area contributed by atoms with Gasteiger partial charge in [-0.1, -0.05) is 35.3 Å². The van der Waals surface area contributed by atoms with Gasteiger partial charge in [0.25, 0.3) is 15.6 Å². The molecule has 170 valence electrons. The molecule has 10 heteroatoms. The van der Waals surface area contributed by atoms with E-state index in [-0.39, 0.29) is 12.2 Å². The Hall–Kier alpha value is -2.26. The summed E-state index contributed by atoms with van der Waals surface area (Å²) in [6, 6.07) is 11.4. The molecule has 1 aromatic heterocycles. The molecular formula is C22H24Cl2N3O4S+. The quantitative estimate of drug-likeness (QED) is 0.367. The van der Waals surface area contributed by atoms with Gasteiger partial charge < -0.3 is 14.2 Å². The second-order valence-corrected chi connectivity index (χ2v) is 9.83. The Kier molecular flexibility index (Phi) is 6.40. The fraction of sp³-hybridized carbons (Fsp3) is 0.318. The van der Waals surface area contributed by atoms with Crippen molar-refractivity contribution in [3.63, 3.8) is 0 Å². The van der Waals surface area contributed by atoms with Crippen LogP contribution in [0.1, 0.15) is 26.2 Å². The van der Waals surface area contributed by atoms with Crippen LogP contribution in [0.3, 0.4) is 0 Å². The fourth-order valence-corrected chi connectivity index (χ4v) is 4.89. The van der Waals surface area contributed by atoms with Crippen LogP contribution >= 0.6 is 23.2 Å². The van der Waals surface area contributed by atoms with E-state index in [9.17, 15) is 13.0 Å². The zero-order valence-electron chi connectivity index (χ0n) is 17.8. The standard InChI is InChI=1S/C22H23Cl2N3O4S/c1-3-25-18-12-15(23)16(24)13-19(18)27(10-7-11-32(28,29)30)21(25)14-22-26(4-2)17-8-5-6-9-20(17)31-22/h5-6,8-9,12-14H,3-4,7,10-11H2,1-2H3/p+1. The first-order valence-corrected chi connectivity index (χ1v) is 12.7. The number of fused-ring (bicyclic) bond motifs is 2. The summed E-state index contributed by atoms with van der Waals surface area (Å²) in [5.74, 6) is 1.16. The van der Waals surface area contributed by atoms with Crippen molar-refractivity contribution in [2.24, 2.45) is 0 Å². The number of hydrogen-bond donors (Lipinski definition) is 1. The molecule has 1 N–H and O–H groups in total. The molecule has 0 saturated carbocycles. The minimum absolute atomic E-state index is 0.237. The van der Waals surface area contributed by atoms with Gasteiger partial charge in [0.1, 0.15) is 12.4 Å². The Morgan fingerprint density at radius 3 is 2.38 bits per heavy atom. The summed E-state index contributed by atoms with van der Waals surface area (Å²) in [7, 11) is -4.06. The maximum absolute atomic E-state index is 11.3. The van der Waals surface area contributed by atoms with Crippen LogP contribution in [-0.2, 0) is 16.7 Å². The topological polar surface area (TPSA) is 77.9 Å². The van der Waals surface area contributed by atoms with Crippen LogP contribution in [0.15, 0.2) is 46.6 Å². The Labute approximate surface area is 197 Å². The molecule has 7 nitrogen and oxygen atoms in total. The number of nitrogens with zero attached hydrogens (tertiary/aromatic N) is 3. The molecule has 0 spiro atoms. The highest BCUT2D eigenvalue weighted by Gasteiger charge is 2.33. The molecule has 0 unspecified atom stereocenters. The number of hydrogen-bond acceptors (Lipinski definition) is 5. The van der Waals surface area contributed by atoms with E-state index in [2.05, 4.69) is 9.47 Å². The first-order valence-electron chi connectivity index (χ1n) is 10.4. The number of para-hydroxylation sites is 2. The third-order valence-corrected chi connectivity index (χ3v) is 6.98. The third kappa shape index (κ3) is 4.32. The van der Waals surface area contributed by atoms with Gasteiger partial charge in [0, 0.05) is 19.2 Å². The van der Waals surface area contributed by atoms with Crippen molar-refractivity contribution in [2.75, 3.05) is 28.6 Å². The molecule has 1 aliphatic rings.